The van der Waals surface area contributed by atoms with Crippen molar-refractivity contribution in [3.8, 4) is 11.5 Å². The summed E-state index contributed by atoms with van der Waals surface area (Å²) in [6.45, 7) is 2.95. The van der Waals surface area contributed by atoms with Gasteiger partial charge in [0.15, 0.2) is 5.82 Å². The number of fused-ring (bicyclic) bond motifs is 1. The number of nitrogens with zero attached hydrogens (tertiary/aromatic N) is 4. The average Bonchev–Trinajstić information content (AvgIpc) is 2.95. The molecule has 2 aromatic heterocycles. The van der Waals surface area contributed by atoms with Crippen molar-refractivity contribution in [2.75, 3.05) is 0 Å². The molecule has 0 saturated heterocycles. The molecule has 0 spiro atoms. The highest BCUT2D eigenvalue weighted by Gasteiger charge is 2.19. The third-order valence-electron chi connectivity index (χ3n) is 3.00. The molecule has 0 bridgehead atoms. The van der Waals surface area contributed by atoms with Gasteiger partial charge >= 0.3 is 0 Å². The lowest BCUT2D eigenvalue weighted by Crippen LogP contribution is -2.11. The van der Waals surface area contributed by atoms with Gasteiger partial charge in [-0.05, 0) is 19.8 Å². The van der Waals surface area contributed by atoms with Crippen LogP contribution in [0.2, 0.25) is 0 Å². The number of aromatic nitrogens is 4. The van der Waals surface area contributed by atoms with Crippen LogP contribution in [0.1, 0.15) is 36.6 Å². The van der Waals surface area contributed by atoms with Gasteiger partial charge in [-0.15, -0.1) is 21.5 Å². The molecule has 0 saturated carbocycles. The number of rotatable bonds is 2. The molecular formula is C11H15N5S. The van der Waals surface area contributed by atoms with Gasteiger partial charge in [0.1, 0.15) is 16.5 Å². The summed E-state index contributed by atoms with van der Waals surface area (Å²) in [6.07, 6.45) is 3.43. The van der Waals surface area contributed by atoms with Crippen molar-refractivity contribution in [1.82, 2.24) is 19.7 Å². The predicted molar refractivity (Wildman–Crippen MR) is 66.7 cm³/mol. The quantitative estimate of drug-likeness (QED) is 0.880. The topological polar surface area (TPSA) is 69.6 Å². The van der Waals surface area contributed by atoms with Gasteiger partial charge in [-0.1, -0.05) is 0 Å². The third-order valence-corrected chi connectivity index (χ3v) is 4.05. The highest BCUT2D eigenvalue weighted by molar-refractivity contribution is 7.10. The van der Waals surface area contributed by atoms with Crippen molar-refractivity contribution >= 4 is 11.3 Å². The fourth-order valence-electron chi connectivity index (χ4n) is 2.10. The second-order valence-electron chi connectivity index (χ2n) is 4.41. The molecule has 1 aliphatic rings. The number of aryl methyl sites for hydroxylation is 1. The highest BCUT2D eigenvalue weighted by Crippen LogP contribution is 2.26. The van der Waals surface area contributed by atoms with Crippen LogP contribution in [-0.2, 0) is 13.0 Å². The molecule has 90 valence electrons. The number of thiazole rings is 1. The van der Waals surface area contributed by atoms with E-state index in [0.29, 0.717) is 0 Å². The maximum Gasteiger partial charge on any atom is 0.183 e. The number of hydrogen-bond donors (Lipinski definition) is 1. The Kier molecular flexibility index (Phi) is 2.68. The van der Waals surface area contributed by atoms with Crippen LogP contribution < -0.4 is 5.73 Å². The Morgan fingerprint density at radius 1 is 1.41 bits per heavy atom. The van der Waals surface area contributed by atoms with Gasteiger partial charge in [0, 0.05) is 18.3 Å². The van der Waals surface area contributed by atoms with E-state index in [-0.39, 0.29) is 6.04 Å². The predicted octanol–water partition coefficient (Wildman–Crippen LogP) is 1.76. The molecule has 0 radical (unpaired) electrons. The molecule has 5 nitrogen and oxygen atoms in total. The normalized spacial score (nSPS) is 16.8. The summed E-state index contributed by atoms with van der Waals surface area (Å²) < 4.78 is 2.18. The van der Waals surface area contributed by atoms with Crippen molar-refractivity contribution in [2.24, 2.45) is 5.73 Å². The van der Waals surface area contributed by atoms with E-state index >= 15 is 0 Å². The Labute approximate surface area is 104 Å². The van der Waals surface area contributed by atoms with Crippen molar-refractivity contribution < 1.29 is 0 Å². The maximum atomic E-state index is 5.82. The average molecular weight is 249 g/mol. The van der Waals surface area contributed by atoms with Crippen LogP contribution in [0.25, 0.3) is 11.5 Å². The summed E-state index contributed by atoms with van der Waals surface area (Å²) in [5.41, 5.74) is 6.73. The first-order chi connectivity index (χ1) is 8.25. The molecule has 0 aromatic carbocycles. The lowest BCUT2D eigenvalue weighted by atomic mass is 10.1. The number of hydrogen-bond acceptors (Lipinski definition) is 5. The van der Waals surface area contributed by atoms with Crippen LogP contribution >= 0.6 is 11.3 Å². The third kappa shape index (κ3) is 1.87. The molecule has 0 aliphatic carbocycles. The minimum atomic E-state index is -0.0162. The molecule has 1 aliphatic heterocycles. The lowest BCUT2D eigenvalue weighted by Gasteiger charge is -2.13. The zero-order valence-electron chi connectivity index (χ0n) is 9.76. The van der Waals surface area contributed by atoms with E-state index in [4.69, 9.17) is 5.73 Å². The molecule has 2 N–H and O–H groups in total. The van der Waals surface area contributed by atoms with Crippen LogP contribution in [-0.4, -0.2) is 19.7 Å². The van der Waals surface area contributed by atoms with Crippen molar-refractivity contribution in [3.05, 3.63) is 16.2 Å². The van der Waals surface area contributed by atoms with E-state index in [9.17, 15) is 0 Å². The van der Waals surface area contributed by atoms with E-state index in [0.717, 1.165) is 35.3 Å². The van der Waals surface area contributed by atoms with Crippen molar-refractivity contribution in [2.45, 2.75) is 38.8 Å². The molecule has 3 rings (SSSR count). The Hall–Kier alpha value is -1.27. The largest absolute Gasteiger partial charge is 0.322 e. The minimum absolute atomic E-state index is 0.0162. The van der Waals surface area contributed by atoms with Crippen LogP contribution in [0.3, 0.4) is 0 Å². The highest BCUT2D eigenvalue weighted by atomic mass is 32.1. The van der Waals surface area contributed by atoms with Crippen molar-refractivity contribution in [3.63, 3.8) is 0 Å². The SMILES string of the molecule is CC(N)c1nc(-c2nnc3n2CCCC3)cs1. The van der Waals surface area contributed by atoms with E-state index in [1.165, 1.54) is 12.8 Å². The first-order valence-electron chi connectivity index (χ1n) is 5.89. The van der Waals surface area contributed by atoms with E-state index < -0.39 is 0 Å². The monoisotopic (exact) mass is 249 g/mol. The summed E-state index contributed by atoms with van der Waals surface area (Å²) in [5.74, 6) is 1.98. The molecule has 1 unspecified atom stereocenters. The Balaban J connectivity index is 2.00. The summed E-state index contributed by atoms with van der Waals surface area (Å²) in [5, 5.41) is 11.5. The van der Waals surface area contributed by atoms with Crippen LogP contribution in [0.4, 0.5) is 0 Å². The van der Waals surface area contributed by atoms with Gasteiger partial charge in [-0.25, -0.2) is 4.98 Å². The molecule has 0 fully saturated rings. The summed E-state index contributed by atoms with van der Waals surface area (Å²) in [7, 11) is 0. The molecule has 3 heterocycles. The summed E-state index contributed by atoms with van der Waals surface area (Å²) >= 11 is 1.59. The lowest BCUT2D eigenvalue weighted by molar-refractivity contribution is 0.525. The minimum Gasteiger partial charge on any atom is -0.322 e. The van der Waals surface area contributed by atoms with Gasteiger partial charge < -0.3 is 10.3 Å². The fraction of sp³-hybridized carbons (Fsp3) is 0.545. The number of nitrogens with two attached hydrogens (primary N) is 1. The Bertz CT molecular complexity index is 528. The molecule has 17 heavy (non-hydrogen) atoms. The summed E-state index contributed by atoms with van der Waals surface area (Å²) in [6, 6.07) is -0.0162. The van der Waals surface area contributed by atoms with Crippen LogP contribution in [0.5, 0.6) is 0 Å². The molecule has 0 amide bonds. The second kappa shape index (κ2) is 4.19. The van der Waals surface area contributed by atoms with E-state index in [1.807, 2.05) is 12.3 Å². The van der Waals surface area contributed by atoms with Crippen molar-refractivity contribution in [1.29, 1.82) is 0 Å². The molecule has 6 heteroatoms. The van der Waals surface area contributed by atoms with E-state index in [1.54, 1.807) is 11.3 Å². The summed E-state index contributed by atoms with van der Waals surface area (Å²) in [4.78, 5) is 4.53. The first kappa shape index (κ1) is 10.9. The fourth-order valence-corrected chi connectivity index (χ4v) is 2.85. The van der Waals surface area contributed by atoms with Crippen LogP contribution in [0.15, 0.2) is 5.38 Å². The zero-order valence-corrected chi connectivity index (χ0v) is 10.6. The molecular weight excluding hydrogens is 234 g/mol. The molecule has 2 aromatic rings. The van der Waals surface area contributed by atoms with Gasteiger partial charge in [0.05, 0.1) is 6.04 Å². The van der Waals surface area contributed by atoms with E-state index in [2.05, 4.69) is 19.7 Å². The Morgan fingerprint density at radius 2 is 2.29 bits per heavy atom. The van der Waals surface area contributed by atoms with Gasteiger partial charge in [-0.3, -0.25) is 0 Å². The Morgan fingerprint density at radius 3 is 3.06 bits per heavy atom. The van der Waals surface area contributed by atoms with Gasteiger partial charge in [-0.2, -0.15) is 0 Å². The molecule has 1 atom stereocenters. The van der Waals surface area contributed by atoms with Gasteiger partial charge in [0.2, 0.25) is 0 Å². The second-order valence-corrected chi connectivity index (χ2v) is 5.30. The smallest absolute Gasteiger partial charge is 0.183 e. The maximum absolute atomic E-state index is 5.82. The zero-order chi connectivity index (χ0) is 11.8. The first-order valence-corrected chi connectivity index (χ1v) is 6.77. The van der Waals surface area contributed by atoms with Gasteiger partial charge in [0.25, 0.3) is 0 Å². The van der Waals surface area contributed by atoms with Crippen LogP contribution in [0, 0.1) is 0 Å². The standard InChI is InChI=1S/C11H15N5S/c1-7(12)11-13-8(6-17-11)10-15-14-9-4-2-3-5-16(9)10/h6-7H,2-5,12H2,1H3.